The monoisotopic (exact) mass is 285 g/mol. The zero-order valence-corrected chi connectivity index (χ0v) is 11.8. The van der Waals surface area contributed by atoms with Crippen LogP contribution >= 0.6 is 0 Å². The first-order valence-electron chi connectivity index (χ1n) is 6.61. The van der Waals surface area contributed by atoms with Crippen LogP contribution in [0.25, 0.3) is 0 Å². The molecule has 0 spiro atoms. The number of halogens is 1. The molecular weight excluding hydrogens is 265 g/mol. The standard InChI is InChI=1S/C13H20FN3O3/c1-13(2,3)17-11(15-12(19)20)6-9(16-17)7-4-8(14)10(18)5-7/h6-8,10,15,18H,4-5H2,1-3H3,(H,19,20)/t7-,8+,10+/m1/s1. The predicted octanol–water partition coefficient (Wildman–Crippen LogP) is 2.30. The lowest BCUT2D eigenvalue weighted by molar-refractivity contribution is 0.103. The lowest BCUT2D eigenvalue weighted by Crippen LogP contribution is -2.26. The van der Waals surface area contributed by atoms with Gasteiger partial charge in [0.25, 0.3) is 0 Å². The summed E-state index contributed by atoms with van der Waals surface area (Å²) in [6, 6.07) is 1.62. The first-order chi connectivity index (χ1) is 9.18. The van der Waals surface area contributed by atoms with Gasteiger partial charge in [0.2, 0.25) is 0 Å². The molecule has 6 nitrogen and oxygen atoms in total. The molecule has 0 bridgehead atoms. The van der Waals surface area contributed by atoms with Crippen molar-refractivity contribution in [2.75, 3.05) is 5.32 Å². The molecule has 1 amide bonds. The topological polar surface area (TPSA) is 87.4 Å². The van der Waals surface area contributed by atoms with Crippen molar-refractivity contribution in [1.82, 2.24) is 9.78 Å². The molecule has 0 radical (unpaired) electrons. The van der Waals surface area contributed by atoms with Gasteiger partial charge >= 0.3 is 6.09 Å². The van der Waals surface area contributed by atoms with Crippen molar-refractivity contribution in [3.8, 4) is 0 Å². The van der Waals surface area contributed by atoms with Gasteiger partial charge in [-0.15, -0.1) is 0 Å². The number of carboxylic acid groups (broad SMARTS) is 1. The van der Waals surface area contributed by atoms with Crippen molar-refractivity contribution in [2.45, 2.75) is 57.3 Å². The molecule has 3 atom stereocenters. The smallest absolute Gasteiger partial charge is 0.410 e. The quantitative estimate of drug-likeness (QED) is 0.778. The molecule has 1 aliphatic rings. The Morgan fingerprint density at radius 1 is 1.50 bits per heavy atom. The molecule has 1 fully saturated rings. The normalized spacial score (nSPS) is 26.8. The highest BCUT2D eigenvalue weighted by Crippen LogP contribution is 2.37. The van der Waals surface area contributed by atoms with Crippen molar-refractivity contribution in [3.63, 3.8) is 0 Å². The van der Waals surface area contributed by atoms with Gasteiger partial charge < -0.3 is 10.2 Å². The molecule has 3 N–H and O–H groups in total. The SMILES string of the molecule is CC(C)(C)n1nc([C@H]2C[C@H](O)[C@@H](F)C2)cc1NC(=O)O. The van der Waals surface area contributed by atoms with E-state index in [0.29, 0.717) is 17.9 Å². The summed E-state index contributed by atoms with van der Waals surface area (Å²) >= 11 is 0. The number of amides is 1. The van der Waals surface area contributed by atoms with Gasteiger partial charge in [-0.05, 0) is 33.6 Å². The lowest BCUT2D eigenvalue weighted by Gasteiger charge is -2.22. The van der Waals surface area contributed by atoms with E-state index < -0.39 is 23.9 Å². The molecule has 7 heteroatoms. The van der Waals surface area contributed by atoms with Crippen molar-refractivity contribution < 1.29 is 19.4 Å². The fourth-order valence-corrected chi connectivity index (χ4v) is 2.51. The van der Waals surface area contributed by atoms with Gasteiger partial charge in [-0.25, -0.2) is 13.9 Å². The van der Waals surface area contributed by atoms with Crippen LogP contribution in [0.2, 0.25) is 0 Å². The molecule has 1 heterocycles. The second-order valence-electron chi connectivity index (χ2n) is 6.22. The minimum Gasteiger partial charge on any atom is -0.465 e. The average Bonchev–Trinajstić information content (AvgIpc) is 2.82. The summed E-state index contributed by atoms with van der Waals surface area (Å²) in [5.41, 5.74) is 0.213. The van der Waals surface area contributed by atoms with E-state index in [9.17, 15) is 14.3 Å². The summed E-state index contributed by atoms with van der Waals surface area (Å²) in [7, 11) is 0. The first-order valence-corrected chi connectivity index (χ1v) is 6.61. The molecule has 0 unspecified atom stereocenters. The number of hydrogen-bond acceptors (Lipinski definition) is 3. The van der Waals surface area contributed by atoms with E-state index in [1.54, 1.807) is 10.7 Å². The Labute approximate surface area is 116 Å². The Morgan fingerprint density at radius 3 is 2.60 bits per heavy atom. The number of anilines is 1. The van der Waals surface area contributed by atoms with E-state index in [2.05, 4.69) is 10.4 Å². The maximum Gasteiger partial charge on any atom is 0.410 e. The number of aromatic nitrogens is 2. The van der Waals surface area contributed by atoms with E-state index in [1.165, 1.54) is 0 Å². The van der Waals surface area contributed by atoms with Gasteiger partial charge in [0, 0.05) is 12.0 Å². The largest absolute Gasteiger partial charge is 0.465 e. The minimum atomic E-state index is -1.24. The molecule has 1 aliphatic carbocycles. The Hall–Kier alpha value is -1.63. The summed E-state index contributed by atoms with van der Waals surface area (Å²) in [6.45, 7) is 5.70. The van der Waals surface area contributed by atoms with E-state index in [1.807, 2.05) is 20.8 Å². The molecule has 112 valence electrons. The van der Waals surface area contributed by atoms with Crippen LogP contribution in [0, 0.1) is 0 Å². The van der Waals surface area contributed by atoms with Crippen molar-refractivity contribution in [1.29, 1.82) is 0 Å². The van der Waals surface area contributed by atoms with Gasteiger partial charge in [-0.2, -0.15) is 5.10 Å². The van der Waals surface area contributed by atoms with Crippen LogP contribution < -0.4 is 5.32 Å². The number of aliphatic hydroxyl groups is 1. The third-order valence-corrected chi connectivity index (χ3v) is 3.47. The number of alkyl halides is 1. The van der Waals surface area contributed by atoms with Gasteiger partial charge in [0.1, 0.15) is 12.0 Å². The molecule has 1 saturated carbocycles. The molecule has 20 heavy (non-hydrogen) atoms. The third-order valence-electron chi connectivity index (χ3n) is 3.47. The molecule has 1 aromatic heterocycles. The molecule has 0 saturated heterocycles. The van der Waals surface area contributed by atoms with Crippen LogP contribution in [-0.2, 0) is 5.54 Å². The zero-order chi connectivity index (χ0) is 15.1. The average molecular weight is 285 g/mol. The fraction of sp³-hybridized carbons (Fsp3) is 0.692. The Balaban J connectivity index is 2.32. The summed E-state index contributed by atoms with van der Waals surface area (Å²) in [5.74, 6) is 0.176. The molecule has 1 aromatic rings. The molecule has 0 aromatic carbocycles. The maximum atomic E-state index is 13.4. The number of aliphatic hydroxyl groups excluding tert-OH is 1. The Bertz CT molecular complexity index is 499. The van der Waals surface area contributed by atoms with Crippen molar-refractivity contribution in [2.24, 2.45) is 0 Å². The van der Waals surface area contributed by atoms with Gasteiger partial charge in [-0.1, -0.05) is 0 Å². The van der Waals surface area contributed by atoms with Crippen LogP contribution in [0.15, 0.2) is 6.07 Å². The highest BCUT2D eigenvalue weighted by molar-refractivity contribution is 5.81. The van der Waals surface area contributed by atoms with Crippen molar-refractivity contribution in [3.05, 3.63) is 11.8 Å². The summed E-state index contributed by atoms with van der Waals surface area (Å²) in [5, 5.41) is 25.1. The highest BCUT2D eigenvalue weighted by Gasteiger charge is 2.36. The van der Waals surface area contributed by atoms with Crippen LogP contribution in [0.3, 0.4) is 0 Å². The lowest BCUT2D eigenvalue weighted by atomic mass is 10.0. The Kier molecular flexibility index (Phi) is 3.73. The number of rotatable bonds is 2. The summed E-state index contributed by atoms with van der Waals surface area (Å²) in [6.07, 6.45) is -2.84. The highest BCUT2D eigenvalue weighted by atomic mass is 19.1. The Morgan fingerprint density at radius 2 is 2.15 bits per heavy atom. The minimum absolute atomic E-state index is 0.182. The predicted molar refractivity (Wildman–Crippen MR) is 71.7 cm³/mol. The number of hydrogen-bond donors (Lipinski definition) is 3. The van der Waals surface area contributed by atoms with E-state index in [-0.39, 0.29) is 12.3 Å². The van der Waals surface area contributed by atoms with Gasteiger partial charge in [-0.3, -0.25) is 5.32 Å². The summed E-state index contributed by atoms with van der Waals surface area (Å²) in [4.78, 5) is 10.8. The van der Waals surface area contributed by atoms with Crippen molar-refractivity contribution >= 4 is 11.9 Å². The van der Waals surface area contributed by atoms with Crippen LogP contribution in [0.1, 0.15) is 45.2 Å². The second-order valence-corrected chi connectivity index (χ2v) is 6.22. The van der Waals surface area contributed by atoms with Crippen LogP contribution in [0.4, 0.5) is 15.0 Å². The van der Waals surface area contributed by atoms with E-state index in [0.717, 1.165) is 0 Å². The van der Waals surface area contributed by atoms with Gasteiger partial charge in [0.15, 0.2) is 0 Å². The summed E-state index contributed by atoms with van der Waals surface area (Å²) < 4.78 is 15.0. The number of nitrogens with one attached hydrogen (secondary N) is 1. The number of carbonyl (C=O) groups is 1. The van der Waals surface area contributed by atoms with E-state index >= 15 is 0 Å². The van der Waals surface area contributed by atoms with E-state index in [4.69, 9.17) is 5.11 Å². The zero-order valence-electron chi connectivity index (χ0n) is 11.8. The molecule has 0 aliphatic heterocycles. The molecule has 2 rings (SSSR count). The maximum absolute atomic E-state index is 13.4. The molecular formula is C13H20FN3O3. The van der Waals surface area contributed by atoms with Crippen LogP contribution in [0.5, 0.6) is 0 Å². The third kappa shape index (κ3) is 2.92. The van der Waals surface area contributed by atoms with Crippen LogP contribution in [-0.4, -0.2) is 38.4 Å². The number of nitrogens with zero attached hydrogens (tertiary/aromatic N) is 2. The van der Waals surface area contributed by atoms with Gasteiger partial charge in [0.05, 0.1) is 17.3 Å². The second kappa shape index (κ2) is 5.05. The fourth-order valence-electron chi connectivity index (χ4n) is 2.51. The first kappa shape index (κ1) is 14.8.